The molecular weight excluding hydrogens is 247 g/mol. The predicted molar refractivity (Wildman–Crippen MR) is 70.4 cm³/mol. The molecule has 0 aromatic heterocycles. The van der Waals surface area contributed by atoms with Crippen LogP contribution in [0, 0.1) is 5.82 Å². The molecule has 19 heavy (non-hydrogen) atoms. The van der Waals surface area contributed by atoms with Gasteiger partial charge >= 0.3 is 6.03 Å². The molecule has 2 aromatic carbocycles. The Kier molecular flexibility index (Phi) is 3.97. The molecule has 5 heteroatoms. The topological polar surface area (TPSA) is 61.4 Å². The van der Waals surface area contributed by atoms with Gasteiger partial charge in [0.2, 0.25) is 0 Å². The summed E-state index contributed by atoms with van der Waals surface area (Å²) >= 11 is 0. The Bertz CT molecular complexity index is 573. The van der Waals surface area contributed by atoms with E-state index in [0.717, 1.165) is 11.6 Å². The van der Waals surface area contributed by atoms with Gasteiger partial charge in [-0.05, 0) is 17.7 Å². The van der Waals surface area contributed by atoms with E-state index in [1.165, 1.54) is 12.1 Å². The Morgan fingerprint density at radius 3 is 2.58 bits per heavy atom. The molecule has 0 saturated heterocycles. The number of benzene rings is 2. The van der Waals surface area contributed by atoms with Crippen LogP contribution in [0.5, 0.6) is 5.75 Å². The summed E-state index contributed by atoms with van der Waals surface area (Å²) in [5, 5.41) is 14.0. The number of anilines is 1. The highest BCUT2D eigenvalue weighted by molar-refractivity contribution is 5.89. The van der Waals surface area contributed by atoms with Crippen LogP contribution in [0.15, 0.2) is 48.5 Å². The smallest absolute Gasteiger partial charge is 0.319 e. The van der Waals surface area contributed by atoms with Gasteiger partial charge in [-0.3, -0.25) is 0 Å². The first-order valence-corrected chi connectivity index (χ1v) is 5.72. The molecule has 98 valence electrons. The molecular formula is C14H13FN2O2. The van der Waals surface area contributed by atoms with Gasteiger partial charge in [0.1, 0.15) is 11.6 Å². The summed E-state index contributed by atoms with van der Waals surface area (Å²) < 4.78 is 13.4. The number of aromatic hydroxyl groups is 1. The Balaban J connectivity index is 1.91. The minimum Gasteiger partial charge on any atom is -0.508 e. The average molecular weight is 260 g/mol. The second-order valence-corrected chi connectivity index (χ2v) is 3.96. The number of carbonyl (C=O) groups is 1. The number of urea groups is 1. The van der Waals surface area contributed by atoms with Crippen LogP contribution in [0.3, 0.4) is 0 Å². The van der Waals surface area contributed by atoms with E-state index in [9.17, 15) is 9.18 Å². The number of phenolic OH excluding ortho intramolecular Hbond substituents is 1. The fourth-order valence-electron chi connectivity index (χ4n) is 1.55. The molecule has 0 heterocycles. The van der Waals surface area contributed by atoms with Crippen molar-refractivity contribution in [3.05, 3.63) is 59.9 Å². The van der Waals surface area contributed by atoms with Gasteiger partial charge in [0, 0.05) is 12.6 Å². The number of hydrogen-bond donors (Lipinski definition) is 3. The molecule has 3 N–H and O–H groups in total. The molecule has 0 saturated carbocycles. The highest BCUT2D eigenvalue weighted by Gasteiger charge is 2.07. The molecule has 2 aromatic rings. The quantitative estimate of drug-likeness (QED) is 0.743. The van der Waals surface area contributed by atoms with Crippen LogP contribution in [-0.4, -0.2) is 11.1 Å². The number of phenols is 1. The lowest BCUT2D eigenvalue weighted by molar-refractivity contribution is 0.251. The van der Waals surface area contributed by atoms with Crippen LogP contribution in [0.2, 0.25) is 0 Å². The van der Waals surface area contributed by atoms with E-state index in [2.05, 4.69) is 10.6 Å². The molecule has 0 spiro atoms. The molecule has 4 nitrogen and oxygen atoms in total. The van der Waals surface area contributed by atoms with Gasteiger partial charge in [0.05, 0.1) is 5.69 Å². The minimum absolute atomic E-state index is 0.0170. The van der Waals surface area contributed by atoms with Crippen LogP contribution in [0.1, 0.15) is 5.56 Å². The Morgan fingerprint density at radius 2 is 1.89 bits per heavy atom. The third-order valence-corrected chi connectivity index (χ3v) is 2.50. The van der Waals surface area contributed by atoms with Crippen molar-refractivity contribution in [1.82, 2.24) is 5.32 Å². The van der Waals surface area contributed by atoms with Gasteiger partial charge in [-0.2, -0.15) is 0 Å². The molecule has 0 fully saturated rings. The SMILES string of the molecule is O=C(NCc1ccccc1)Nc1ccc(O)cc1F. The zero-order valence-corrected chi connectivity index (χ0v) is 10.1. The van der Waals surface area contributed by atoms with Crippen LogP contribution in [-0.2, 0) is 6.54 Å². The van der Waals surface area contributed by atoms with E-state index < -0.39 is 11.8 Å². The maximum atomic E-state index is 13.4. The van der Waals surface area contributed by atoms with Crippen LogP contribution in [0.4, 0.5) is 14.9 Å². The van der Waals surface area contributed by atoms with Crippen LogP contribution in [0.25, 0.3) is 0 Å². The van der Waals surface area contributed by atoms with Crippen LogP contribution < -0.4 is 10.6 Å². The monoisotopic (exact) mass is 260 g/mol. The van der Waals surface area contributed by atoms with E-state index in [-0.39, 0.29) is 11.4 Å². The maximum absolute atomic E-state index is 13.4. The average Bonchev–Trinajstić information content (AvgIpc) is 2.41. The van der Waals surface area contributed by atoms with Gasteiger partial charge in [0.15, 0.2) is 0 Å². The summed E-state index contributed by atoms with van der Waals surface area (Å²) in [5.74, 6) is -0.873. The number of carbonyl (C=O) groups excluding carboxylic acids is 1. The van der Waals surface area contributed by atoms with E-state index >= 15 is 0 Å². The normalized spacial score (nSPS) is 9.95. The molecule has 2 rings (SSSR count). The van der Waals surface area contributed by atoms with Crippen molar-refractivity contribution in [3.8, 4) is 5.75 Å². The van der Waals surface area contributed by atoms with E-state index in [0.29, 0.717) is 6.54 Å². The molecule has 0 aliphatic carbocycles. The summed E-state index contributed by atoms with van der Waals surface area (Å²) in [7, 11) is 0. The van der Waals surface area contributed by atoms with E-state index in [1.54, 1.807) is 0 Å². The molecule has 2 amide bonds. The van der Waals surface area contributed by atoms with Crippen molar-refractivity contribution in [3.63, 3.8) is 0 Å². The Labute approximate surface area is 109 Å². The second kappa shape index (κ2) is 5.86. The zero-order valence-electron chi connectivity index (χ0n) is 10.1. The summed E-state index contributed by atoms with van der Waals surface area (Å²) in [4.78, 5) is 11.6. The van der Waals surface area contributed by atoms with Crippen molar-refractivity contribution in [2.24, 2.45) is 0 Å². The molecule has 0 aliphatic rings. The lowest BCUT2D eigenvalue weighted by Crippen LogP contribution is -2.28. The first-order chi connectivity index (χ1) is 9.15. The van der Waals surface area contributed by atoms with E-state index in [1.807, 2.05) is 30.3 Å². The zero-order chi connectivity index (χ0) is 13.7. The van der Waals surface area contributed by atoms with Gasteiger partial charge < -0.3 is 15.7 Å². The molecule has 0 unspecified atom stereocenters. The summed E-state index contributed by atoms with van der Waals surface area (Å²) in [6.45, 7) is 0.354. The highest BCUT2D eigenvalue weighted by Crippen LogP contribution is 2.19. The molecule has 0 radical (unpaired) electrons. The van der Waals surface area contributed by atoms with Gasteiger partial charge in [-0.15, -0.1) is 0 Å². The van der Waals surface area contributed by atoms with Crippen molar-refractivity contribution >= 4 is 11.7 Å². The fraction of sp³-hybridized carbons (Fsp3) is 0.0714. The highest BCUT2D eigenvalue weighted by atomic mass is 19.1. The Hall–Kier alpha value is -2.56. The first-order valence-electron chi connectivity index (χ1n) is 5.72. The van der Waals surface area contributed by atoms with Crippen molar-refractivity contribution in [1.29, 1.82) is 0 Å². The van der Waals surface area contributed by atoms with Crippen LogP contribution >= 0.6 is 0 Å². The van der Waals surface area contributed by atoms with Crippen molar-refractivity contribution < 1.29 is 14.3 Å². The van der Waals surface area contributed by atoms with Gasteiger partial charge in [-0.1, -0.05) is 30.3 Å². The molecule has 0 bridgehead atoms. The lowest BCUT2D eigenvalue weighted by atomic mass is 10.2. The summed E-state index contributed by atoms with van der Waals surface area (Å²) in [6.07, 6.45) is 0. The summed E-state index contributed by atoms with van der Waals surface area (Å²) in [5.41, 5.74) is 0.965. The Morgan fingerprint density at radius 1 is 1.16 bits per heavy atom. The van der Waals surface area contributed by atoms with Gasteiger partial charge in [0.25, 0.3) is 0 Å². The largest absolute Gasteiger partial charge is 0.508 e. The standard InChI is InChI=1S/C14H13FN2O2/c15-12-8-11(18)6-7-13(12)17-14(19)16-9-10-4-2-1-3-5-10/h1-8,18H,9H2,(H2,16,17,19). The minimum atomic E-state index is -0.685. The molecule has 0 atom stereocenters. The van der Waals surface area contributed by atoms with Gasteiger partial charge in [-0.25, -0.2) is 9.18 Å². The predicted octanol–water partition coefficient (Wildman–Crippen LogP) is 2.85. The van der Waals surface area contributed by atoms with Crippen molar-refractivity contribution in [2.45, 2.75) is 6.54 Å². The third-order valence-electron chi connectivity index (χ3n) is 2.50. The number of hydrogen-bond acceptors (Lipinski definition) is 2. The fourth-order valence-corrected chi connectivity index (χ4v) is 1.55. The van der Waals surface area contributed by atoms with Crippen molar-refractivity contribution in [2.75, 3.05) is 5.32 Å². The number of amides is 2. The number of nitrogens with one attached hydrogen (secondary N) is 2. The third kappa shape index (κ3) is 3.70. The van der Waals surface area contributed by atoms with E-state index in [4.69, 9.17) is 5.11 Å². The lowest BCUT2D eigenvalue weighted by Gasteiger charge is -2.08. The number of halogens is 1. The maximum Gasteiger partial charge on any atom is 0.319 e. The second-order valence-electron chi connectivity index (χ2n) is 3.96. The number of rotatable bonds is 3. The summed E-state index contributed by atoms with van der Waals surface area (Å²) in [6, 6.07) is 12.4. The molecule has 0 aliphatic heterocycles. The first kappa shape index (κ1) is 12.9.